The van der Waals surface area contributed by atoms with E-state index in [-0.39, 0.29) is 11.3 Å². The van der Waals surface area contributed by atoms with Gasteiger partial charge < -0.3 is 9.53 Å². The summed E-state index contributed by atoms with van der Waals surface area (Å²) in [6.45, 7) is -1.58. The first-order valence-electron chi connectivity index (χ1n) is 4.64. The lowest BCUT2D eigenvalue weighted by Crippen LogP contribution is -2.05. The summed E-state index contributed by atoms with van der Waals surface area (Å²) in [4.78, 5) is 20.6. The van der Waals surface area contributed by atoms with Crippen molar-refractivity contribution in [3.05, 3.63) is 33.9 Å². The van der Waals surface area contributed by atoms with Crippen molar-refractivity contribution in [1.29, 1.82) is 0 Å². The van der Waals surface area contributed by atoms with Gasteiger partial charge in [-0.25, -0.2) is 0 Å². The van der Waals surface area contributed by atoms with Crippen LogP contribution in [0.4, 0.5) is 14.5 Å². The number of carbonyl (C=O) groups excluding carboxylic acids is 1. The van der Waals surface area contributed by atoms with Gasteiger partial charge in [0.2, 0.25) is 0 Å². The molecule has 17 heavy (non-hydrogen) atoms. The minimum atomic E-state index is -3.05. The number of nitrogens with zero attached hydrogens (tertiary/aromatic N) is 1. The molecule has 0 N–H and O–H groups in total. The minimum Gasteiger partial charge on any atom is -0.435 e. The van der Waals surface area contributed by atoms with Crippen LogP contribution in [-0.4, -0.2) is 17.8 Å². The van der Waals surface area contributed by atoms with Gasteiger partial charge in [0, 0.05) is 11.5 Å². The molecule has 0 spiro atoms. The van der Waals surface area contributed by atoms with Gasteiger partial charge in [-0.2, -0.15) is 8.78 Å². The number of ether oxygens (including phenoxy) is 1. The molecule has 0 fully saturated rings. The molecule has 1 aromatic carbocycles. The number of benzene rings is 1. The molecule has 0 aliphatic rings. The fraction of sp³-hybridized carbons (Fsp3) is 0.300. The smallest absolute Gasteiger partial charge is 0.387 e. The summed E-state index contributed by atoms with van der Waals surface area (Å²) in [5.41, 5.74) is -0.255. The molecule has 1 atom stereocenters. The van der Waals surface area contributed by atoms with Crippen molar-refractivity contribution in [2.24, 2.45) is 0 Å². The highest BCUT2D eigenvalue weighted by Gasteiger charge is 2.20. The summed E-state index contributed by atoms with van der Waals surface area (Å²) in [5, 5.41) is 10.7. The molecule has 0 radical (unpaired) electrons. The Bertz CT molecular complexity index is 436. The Morgan fingerprint density at radius 2 is 2.12 bits per heavy atom. The minimum absolute atomic E-state index is 0.159. The van der Waals surface area contributed by atoms with E-state index >= 15 is 0 Å². The Labute approximate surface area is 95.2 Å². The van der Waals surface area contributed by atoms with Crippen LogP contribution in [0.1, 0.15) is 18.4 Å². The van der Waals surface area contributed by atoms with Crippen LogP contribution in [0.3, 0.4) is 0 Å². The topological polar surface area (TPSA) is 69.4 Å². The summed E-state index contributed by atoms with van der Waals surface area (Å²) in [5.74, 6) is -0.996. The fourth-order valence-electron chi connectivity index (χ4n) is 1.32. The van der Waals surface area contributed by atoms with Crippen LogP contribution < -0.4 is 4.74 Å². The molecule has 0 aromatic heterocycles. The lowest BCUT2D eigenvalue weighted by molar-refractivity contribution is -0.385. The Hall–Kier alpha value is -2.05. The number of hydrogen-bond donors (Lipinski definition) is 0. The third-order valence-corrected chi connectivity index (χ3v) is 2.12. The lowest BCUT2D eigenvalue weighted by atomic mass is 10.0. The first-order valence-corrected chi connectivity index (χ1v) is 4.64. The first kappa shape index (κ1) is 13.0. The number of halogens is 2. The van der Waals surface area contributed by atoms with Crippen LogP contribution in [0.5, 0.6) is 5.75 Å². The van der Waals surface area contributed by atoms with Crippen LogP contribution in [0.25, 0.3) is 0 Å². The number of nitro groups is 1. The first-order chi connectivity index (χ1) is 7.95. The summed E-state index contributed by atoms with van der Waals surface area (Å²) in [6.07, 6.45) is 0.538. The van der Waals surface area contributed by atoms with Gasteiger partial charge in [-0.15, -0.1) is 0 Å². The summed E-state index contributed by atoms with van der Waals surface area (Å²) in [6, 6.07) is 3.27. The Kier molecular flexibility index (Phi) is 4.08. The SMILES string of the molecule is CC(C=O)c1ccc(OC(F)F)cc1[N+](=O)[O-]. The normalized spacial score (nSPS) is 12.2. The van der Waals surface area contributed by atoms with Crippen LogP contribution in [-0.2, 0) is 4.79 Å². The van der Waals surface area contributed by atoms with E-state index in [4.69, 9.17) is 0 Å². The van der Waals surface area contributed by atoms with Crippen molar-refractivity contribution in [1.82, 2.24) is 0 Å². The summed E-state index contributed by atoms with van der Waals surface area (Å²) in [7, 11) is 0. The Balaban J connectivity index is 3.17. The van der Waals surface area contributed by atoms with E-state index in [1.54, 1.807) is 0 Å². The quantitative estimate of drug-likeness (QED) is 0.454. The predicted octanol–water partition coefficient (Wildman–Crippen LogP) is 2.50. The van der Waals surface area contributed by atoms with Crippen LogP contribution in [0.2, 0.25) is 0 Å². The van der Waals surface area contributed by atoms with Crippen LogP contribution >= 0.6 is 0 Å². The van der Waals surface area contributed by atoms with E-state index in [9.17, 15) is 23.7 Å². The van der Waals surface area contributed by atoms with Gasteiger partial charge in [0.05, 0.1) is 11.0 Å². The molecule has 1 aromatic rings. The lowest BCUT2D eigenvalue weighted by Gasteiger charge is -2.08. The van der Waals surface area contributed by atoms with Crippen molar-refractivity contribution in [2.75, 3.05) is 0 Å². The maximum atomic E-state index is 11.9. The van der Waals surface area contributed by atoms with E-state index in [0.717, 1.165) is 12.1 Å². The average molecular weight is 245 g/mol. The van der Waals surface area contributed by atoms with Gasteiger partial charge in [0.25, 0.3) is 5.69 Å². The third-order valence-electron chi connectivity index (χ3n) is 2.12. The summed E-state index contributed by atoms with van der Waals surface area (Å²) >= 11 is 0. The summed E-state index contributed by atoms with van der Waals surface area (Å²) < 4.78 is 27.9. The third kappa shape index (κ3) is 3.20. The Morgan fingerprint density at radius 3 is 2.59 bits per heavy atom. The van der Waals surface area contributed by atoms with Gasteiger partial charge >= 0.3 is 6.61 Å². The number of hydrogen-bond acceptors (Lipinski definition) is 4. The number of rotatable bonds is 5. The second kappa shape index (κ2) is 5.33. The predicted molar refractivity (Wildman–Crippen MR) is 54.2 cm³/mol. The van der Waals surface area contributed by atoms with Crippen molar-refractivity contribution in [3.8, 4) is 5.75 Å². The van der Waals surface area contributed by atoms with Gasteiger partial charge in [-0.1, -0.05) is 6.92 Å². The van der Waals surface area contributed by atoms with Crippen molar-refractivity contribution < 1.29 is 23.2 Å². The van der Waals surface area contributed by atoms with Crippen molar-refractivity contribution in [2.45, 2.75) is 19.5 Å². The van der Waals surface area contributed by atoms with Crippen molar-refractivity contribution in [3.63, 3.8) is 0 Å². The maximum Gasteiger partial charge on any atom is 0.387 e. The monoisotopic (exact) mass is 245 g/mol. The standard InChI is InChI=1S/C10H9F2NO4/c1-6(5-14)8-3-2-7(17-10(11)12)4-9(8)13(15)16/h2-6,10H,1H3. The van der Waals surface area contributed by atoms with E-state index in [0.29, 0.717) is 6.29 Å². The molecule has 0 bridgehead atoms. The average Bonchev–Trinajstić information content (AvgIpc) is 2.27. The number of carbonyl (C=O) groups is 1. The highest BCUT2D eigenvalue weighted by atomic mass is 19.3. The second-order valence-electron chi connectivity index (χ2n) is 3.28. The maximum absolute atomic E-state index is 11.9. The van der Waals surface area contributed by atoms with E-state index in [1.165, 1.54) is 13.0 Å². The number of aldehydes is 1. The molecule has 0 saturated carbocycles. The highest BCUT2D eigenvalue weighted by molar-refractivity contribution is 5.65. The molecule has 0 saturated heterocycles. The van der Waals surface area contributed by atoms with Gasteiger partial charge in [0.15, 0.2) is 0 Å². The second-order valence-corrected chi connectivity index (χ2v) is 3.28. The van der Waals surface area contributed by atoms with Crippen LogP contribution in [0, 0.1) is 10.1 Å². The molecule has 0 amide bonds. The molecule has 0 aliphatic carbocycles. The molecule has 1 rings (SSSR count). The molecule has 0 heterocycles. The molecular weight excluding hydrogens is 236 g/mol. The highest BCUT2D eigenvalue weighted by Crippen LogP contribution is 2.30. The van der Waals surface area contributed by atoms with E-state index in [2.05, 4.69) is 4.74 Å². The zero-order chi connectivity index (χ0) is 13.0. The zero-order valence-corrected chi connectivity index (χ0v) is 8.80. The Morgan fingerprint density at radius 1 is 1.47 bits per heavy atom. The van der Waals surface area contributed by atoms with Gasteiger partial charge in [-0.3, -0.25) is 10.1 Å². The van der Waals surface area contributed by atoms with E-state index in [1.807, 2.05) is 0 Å². The molecular formula is C10H9F2NO4. The molecule has 0 aliphatic heterocycles. The number of nitro benzene ring substituents is 1. The van der Waals surface area contributed by atoms with Gasteiger partial charge in [-0.05, 0) is 12.1 Å². The van der Waals surface area contributed by atoms with Gasteiger partial charge in [0.1, 0.15) is 12.0 Å². The molecule has 1 unspecified atom stereocenters. The zero-order valence-electron chi connectivity index (χ0n) is 8.80. The van der Waals surface area contributed by atoms with E-state index < -0.39 is 23.1 Å². The largest absolute Gasteiger partial charge is 0.435 e. The molecule has 7 heteroatoms. The molecule has 92 valence electrons. The fourth-order valence-corrected chi connectivity index (χ4v) is 1.32. The number of alkyl halides is 2. The molecule has 5 nitrogen and oxygen atoms in total. The van der Waals surface area contributed by atoms with Crippen molar-refractivity contribution >= 4 is 12.0 Å². The van der Waals surface area contributed by atoms with Crippen LogP contribution in [0.15, 0.2) is 18.2 Å².